The van der Waals surface area contributed by atoms with Gasteiger partial charge >= 0.3 is 6.03 Å². The number of rotatable bonds is 3. The van der Waals surface area contributed by atoms with Gasteiger partial charge in [-0.2, -0.15) is 0 Å². The lowest BCUT2D eigenvalue weighted by Gasteiger charge is -2.41. The van der Waals surface area contributed by atoms with Gasteiger partial charge in [0.2, 0.25) is 5.91 Å². The Labute approximate surface area is 160 Å². The van der Waals surface area contributed by atoms with Crippen molar-refractivity contribution in [2.75, 3.05) is 26.2 Å². The van der Waals surface area contributed by atoms with E-state index in [9.17, 15) is 9.59 Å². The Morgan fingerprint density at radius 1 is 1.26 bits per heavy atom. The van der Waals surface area contributed by atoms with Crippen LogP contribution >= 0.6 is 0 Å². The molecule has 3 heterocycles. The standard InChI is InChI=1S/C20H28N4O3/c1-14-16(7-9-23(14)11-15-5-3-2-4-6-15)22-20(26)24-10-8-18-17(12-24)21-19(25)13-27-18/h2-6,14,16-18H,7-13H2,1H3,(H,21,25)(H,22,26)/t14?,16?,17-,18-/m0/s1. The number of hydrogen-bond donors (Lipinski definition) is 2. The van der Waals surface area contributed by atoms with Crippen molar-refractivity contribution < 1.29 is 14.3 Å². The molecule has 3 aliphatic heterocycles. The number of ether oxygens (including phenoxy) is 1. The monoisotopic (exact) mass is 372 g/mol. The molecule has 3 fully saturated rings. The second-order valence-electron chi connectivity index (χ2n) is 7.80. The van der Waals surface area contributed by atoms with Crippen molar-refractivity contribution in [2.24, 2.45) is 0 Å². The largest absolute Gasteiger partial charge is 0.366 e. The topological polar surface area (TPSA) is 73.9 Å². The predicted molar refractivity (Wildman–Crippen MR) is 101 cm³/mol. The normalized spacial score (nSPS) is 31.3. The van der Waals surface area contributed by atoms with Gasteiger partial charge in [0, 0.05) is 38.3 Å². The van der Waals surface area contributed by atoms with Gasteiger partial charge in [-0.3, -0.25) is 9.69 Å². The predicted octanol–water partition coefficient (Wildman–Crippen LogP) is 0.948. The Bertz CT molecular complexity index is 683. The summed E-state index contributed by atoms with van der Waals surface area (Å²) in [5.74, 6) is -0.0977. The second kappa shape index (κ2) is 7.86. The number of nitrogens with one attached hydrogen (secondary N) is 2. The van der Waals surface area contributed by atoms with Gasteiger partial charge in [-0.05, 0) is 25.3 Å². The molecular weight excluding hydrogens is 344 g/mol. The summed E-state index contributed by atoms with van der Waals surface area (Å²) < 4.78 is 5.57. The summed E-state index contributed by atoms with van der Waals surface area (Å²) >= 11 is 0. The molecule has 7 heteroatoms. The van der Waals surface area contributed by atoms with Crippen LogP contribution in [0.15, 0.2) is 30.3 Å². The fourth-order valence-electron chi connectivity index (χ4n) is 4.37. The summed E-state index contributed by atoms with van der Waals surface area (Å²) in [7, 11) is 0. The van der Waals surface area contributed by atoms with Crippen LogP contribution in [0.4, 0.5) is 4.79 Å². The van der Waals surface area contributed by atoms with E-state index in [0.29, 0.717) is 19.1 Å². The first-order valence-corrected chi connectivity index (χ1v) is 9.84. The molecule has 0 bridgehead atoms. The molecule has 7 nitrogen and oxygen atoms in total. The minimum absolute atomic E-state index is 0.0264. The van der Waals surface area contributed by atoms with Crippen LogP contribution in [-0.2, 0) is 16.1 Å². The minimum atomic E-state index is -0.0977. The van der Waals surface area contributed by atoms with E-state index in [0.717, 1.165) is 25.9 Å². The highest BCUT2D eigenvalue weighted by Gasteiger charge is 2.38. The number of morpholine rings is 1. The van der Waals surface area contributed by atoms with Crippen LogP contribution < -0.4 is 10.6 Å². The van der Waals surface area contributed by atoms with Crippen molar-refractivity contribution >= 4 is 11.9 Å². The molecule has 146 valence electrons. The summed E-state index contributed by atoms with van der Waals surface area (Å²) in [6, 6.07) is 10.8. The summed E-state index contributed by atoms with van der Waals surface area (Å²) in [5, 5.41) is 6.16. The average Bonchev–Trinajstić information content (AvgIpc) is 3.01. The Hall–Kier alpha value is -2.12. The molecule has 0 spiro atoms. The van der Waals surface area contributed by atoms with Crippen LogP contribution in [-0.4, -0.2) is 72.2 Å². The number of fused-ring (bicyclic) bond motifs is 1. The van der Waals surface area contributed by atoms with E-state index in [2.05, 4.69) is 46.7 Å². The van der Waals surface area contributed by atoms with E-state index in [4.69, 9.17) is 4.74 Å². The maximum Gasteiger partial charge on any atom is 0.317 e. The minimum Gasteiger partial charge on any atom is -0.366 e. The van der Waals surface area contributed by atoms with Crippen LogP contribution in [0.5, 0.6) is 0 Å². The summed E-state index contributed by atoms with van der Waals surface area (Å²) in [6.07, 6.45) is 1.75. The zero-order valence-electron chi connectivity index (χ0n) is 15.8. The van der Waals surface area contributed by atoms with Crippen LogP contribution in [0, 0.1) is 0 Å². The van der Waals surface area contributed by atoms with E-state index >= 15 is 0 Å². The number of carbonyl (C=O) groups is 2. The van der Waals surface area contributed by atoms with Gasteiger partial charge in [0.15, 0.2) is 0 Å². The number of hydrogen-bond acceptors (Lipinski definition) is 4. The molecule has 4 atom stereocenters. The third kappa shape index (κ3) is 4.09. The molecule has 3 amide bonds. The molecule has 4 rings (SSSR count). The van der Waals surface area contributed by atoms with Crippen LogP contribution in [0.2, 0.25) is 0 Å². The van der Waals surface area contributed by atoms with Gasteiger partial charge in [-0.25, -0.2) is 4.79 Å². The van der Waals surface area contributed by atoms with Gasteiger partial charge in [0.1, 0.15) is 6.61 Å². The number of nitrogens with zero attached hydrogens (tertiary/aromatic N) is 2. The van der Waals surface area contributed by atoms with E-state index in [1.807, 2.05) is 11.0 Å². The first-order chi connectivity index (χ1) is 13.1. The molecule has 0 radical (unpaired) electrons. The quantitative estimate of drug-likeness (QED) is 0.829. The molecule has 0 aromatic heterocycles. The number of urea groups is 1. The number of carbonyl (C=O) groups excluding carboxylic acids is 2. The Kier molecular flexibility index (Phi) is 5.31. The maximum absolute atomic E-state index is 12.8. The Morgan fingerprint density at radius 2 is 2.07 bits per heavy atom. The van der Waals surface area contributed by atoms with Crippen molar-refractivity contribution in [3.8, 4) is 0 Å². The zero-order valence-corrected chi connectivity index (χ0v) is 15.8. The van der Waals surface area contributed by atoms with Crippen molar-refractivity contribution in [3.05, 3.63) is 35.9 Å². The maximum atomic E-state index is 12.8. The molecule has 2 N–H and O–H groups in total. The molecule has 0 aliphatic carbocycles. The fraction of sp³-hybridized carbons (Fsp3) is 0.600. The Balaban J connectivity index is 1.30. The van der Waals surface area contributed by atoms with Crippen LogP contribution in [0.1, 0.15) is 25.3 Å². The average molecular weight is 372 g/mol. The molecule has 27 heavy (non-hydrogen) atoms. The summed E-state index contributed by atoms with van der Waals surface area (Å²) in [5.41, 5.74) is 1.30. The lowest BCUT2D eigenvalue weighted by molar-refractivity contribution is -0.139. The van der Waals surface area contributed by atoms with Gasteiger partial charge in [0.25, 0.3) is 0 Å². The summed E-state index contributed by atoms with van der Waals surface area (Å²) in [6.45, 7) is 5.38. The zero-order chi connectivity index (χ0) is 18.8. The number of benzene rings is 1. The van der Waals surface area contributed by atoms with Crippen molar-refractivity contribution in [3.63, 3.8) is 0 Å². The third-order valence-electron chi connectivity index (χ3n) is 6.03. The summed E-state index contributed by atoms with van der Waals surface area (Å²) in [4.78, 5) is 28.5. The lowest BCUT2D eigenvalue weighted by Crippen LogP contribution is -2.62. The first-order valence-electron chi connectivity index (χ1n) is 9.84. The van der Waals surface area contributed by atoms with Gasteiger partial charge in [-0.15, -0.1) is 0 Å². The number of piperidine rings is 1. The molecule has 0 saturated carbocycles. The third-order valence-corrected chi connectivity index (χ3v) is 6.03. The highest BCUT2D eigenvalue weighted by molar-refractivity contribution is 5.79. The lowest BCUT2D eigenvalue weighted by atomic mass is 10.0. The van der Waals surface area contributed by atoms with Crippen LogP contribution in [0.25, 0.3) is 0 Å². The SMILES string of the molecule is CC1C(NC(=O)N2CC[C@@H]3OCC(=O)N[C@H]3C2)CCN1Cc1ccccc1. The van der Waals surface area contributed by atoms with E-state index in [1.54, 1.807) is 0 Å². The van der Waals surface area contributed by atoms with Crippen molar-refractivity contribution in [1.29, 1.82) is 0 Å². The molecule has 2 unspecified atom stereocenters. The van der Waals surface area contributed by atoms with E-state index in [1.165, 1.54) is 5.56 Å². The fourth-order valence-corrected chi connectivity index (χ4v) is 4.37. The highest BCUT2D eigenvalue weighted by atomic mass is 16.5. The number of likely N-dealkylation sites (tertiary alicyclic amines) is 2. The van der Waals surface area contributed by atoms with Crippen LogP contribution in [0.3, 0.4) is 0 Å². The smallest absolute Gasteiger partial charge is 0.317 e. The van der Waals surface area contributed by atoms with Crippen molar-refractivity contribution in [1.82, 2.24) is 20.4 Å². The van der Waals surface area contributed by atoms with Gasteiger partial charge in [-0.1, -0.05) is 30.3 Å². The van der Waals surface area contributed by atoms with Crippen molar-refractivity contribution in [2.45, 2.75) is 50.5 Å². The molecule has 1 aromatic rings. The second-order valence-corrected chi connectivity index (χ2v) is 7.80. The van der Waals surface area contributed by atoms with E-state index in [-0.39, 0.29) is 36.7 Å². The number of amides is 3. The van der Waals surface area contributed by atoms with Gasteiger partial charge < -0.3 is 20.3 Å². The van der Waals surface area contributed by atoms with Gasteiger partial charge in [0.05, 0.1) is 12.1 Å². The molecule has 1 aromatic carbocycles. The highest BCUT2D eigenvalue weighted by Crippen LogP contribution is 2.22. The Morgan fingerprint density at radius 3 is 2.89 bits per heavy atom. The molecule has 3 saturated heterocycles. The molecular formula is C20H28N4O3. The molecule has 3 aliphatic rings. The first kappa shape index (κ1) is 18.3. The van der Waals surface area contributed by atoms with E-state index < -0.39 is 0 Å².